The van der Waals surface area contributed by atoms with Crippen LogP contribution >= 0.6 is 11.6 Å². The molecule has 0 bridgehead atoms. The Morgan fingerprint density at radius 1 is 1.30 bits per heavy atom. The molecule has 0 radical (unpaired) electrons. The van der Waals surface area contributed by atoms with Gasteiger partial charge in [-0.2, -0.15) is 4.98 Å². The first-order valence-corrected chi connectivity index (χ1v) is 6.24. The quantitative estimate of drug-likeness (QED) is 0.645. The lowest BCUT2D eigenvalue weighted by atomic mass is 10.0. The van der Waals surface area contributed by atoms with Crippen molar-refractivity contribution < 1.29 is 9.47 Å². The van der Waals surface area contributed by atoms with E-state index in [9.17, 15) is 0 Å². The highest BCUT2D eigenvalue weighted by Crippen LogP contribution is 2.28. The van der Waals surface area contributed by atoms with Crippen LogP contribution < -0.4 is 20.7 Å². The number of aromatic nitrogens is 2. The van der Waals surface area contributed by atoms with E-state index >= 15 is 0 Å². The van der Waals surface area contributed by atoms with Gasteiger partial charge in [0, 0.05) is 5.02 Å². The predicted octanol–water partition coefficient (Wildman–Crippen LogP) is 1.70. The Morgan fingerprint density at radius 3 is 2.70 bits per heavy atom. The molecule has 0 spiro atoms. The summed E-state index contributed by atoms with van der Waals surface area (Å²) in [6.45, 7) is 0. The van der Waals surface area contributed by atoms with Crippen LogP contribution in [0.2, 0.25) is 5.02 Å². The molecule has 0 aliphatic carbocycles. The number of benzene rings is 1. The molecule has 1 aromatic carbocycles. The van der Waals surface area contributed by atoms with Crippen LogP contribution in [0.1, 0.15) is 17.3 Å². The molecule has 20 heavy (non-hydrogen) atoms. The number of nitrogens with two attached hydrogens (primary N) is 1. The van der Waals surface area contributed by atoms with E-state index in [4.69, 9.17) is 26.9 Å². The van der Waals surface area contributed by atoms with Crippen molar-refractivity contribution in [3.05, 3.63) is 46.7 Å². The summed E-state index contributed by atoms with van der Waals surface area (Å²) in [5, 5.41) is 0.614. The van der Waals surface area contributed by atoms with Gasteiger partial charge in [-0.15, -0.1) is 0 Å². The maximum absolute atomic E-state index is 6.00. The summed E-state index contributed by atoms with van der Waals surface area (Å²) in [6.07, 6.45) is 1.51. The van der Waals surface area contributed by atoms with E-state index in [0.717, 1.165) is 5.56 Å². The van der Waals surface area contributed by atoms with Crippen LogP contribution in [0.3, 0.4) is 0 Å². The topological polar surface area (TPSA) is 82.3 Å². The van der Waals surface area contributed by atoms with E-state index in [-0.39, 0.29) is 6.04 Å². The fourth-order valence-corrected chi connectivity index (χ4v) is 2.03. The van der Waals surface area contributed by atoms with Crippen molar-refractivity contribution in [2.75, 3.05) is 14.2 Å². The van der Waals surface area contributed by atoms with E-state index < -0.39 is 0 Å². The lowest BCUT2D eigenvalue weighted by Gasteiger charge is -2.18. The monoisotopic (exact) mass is 294 g/mol. The second kappa shape index (κ2) is 6.51. The first-order chi connectivity index (χ1) is 9.69. The SMILES string of the molecule is COc1cnc(C(NN)c2cccc(Cl)c2)c(OC)n1. The van der Waals surface area contributed by atoms with Crippen LogP contribution in [0, 0.1) is 0 Å². The third-order valence-corrected chi connectivity index (χ3v) is 3.00. The van der Waals surface area contributed by atoms with Crippen molar-refractivity contribution >= 4 is 11.6 Å². The van der Waals surface area contributed by atoms with Gasteiger partial charge >= 0.3 is 0 Å². The lowest BCUT2D eigenvalue weighted by Crippen LogP contribution is -2.30. The Bertz CT molecular complexity index is 594. The molecule has 3 N–H and O–H groups in total. The fourth-order valence-electron chi connectivity index (χ4n) is 1.83. The Balaban J connectivity index is 2.46. The maximum Gasteiger partial charge on any atom is 0.240 e. The molecule has 6 nitrogen and oxygen atoms in total. The molecule has 0 amide bonds. The van der Waals surface area contributed by atoms with E-state index in [1.54, 1.807) is 12.1 Å². The number of rotatable bonds is 5. The molecule has 1 aromatic heterocycles. The van der Waals surface area contributed by atoms with Crippen LogP contribution in [-0.4, -0.2) is 24.2 Å². The van der Waals surface area contributed by atoms with Crippen molar-refractivity contribution in [1.29, 1.82) is 0 Å². The summed E-state index contributed by atoms with van der Waals surface area (Å²) in [4.78, 5) is 8.49. The Labute approximate surface area is 121 Å². The number of hydrogen-bond donors (Lipinski definition) is 2. The molecule has 1 atom stereocenters. The number of nitrogens with one attached hydrogen (secondary N) is 1. The fraction of sp³-hybridized carbons (Fsp3) is 0.231. The average molecular weight is 295 g/mol. The molecule has 106 valence electrons. The summed E-state index contributed by atoms with van der Waals surface area (Å²) in [7, 11) is 3.03. The van der Waals surface area contributed by atoms with Gasteiger partial charge in [-0.25, -0.2) is 10.4 Å². The zero-order valence-electron chi connectivity index (χ0n) is 11.1. The van der Waals surface area contributed by atoms with Gasteiger partial charge in [0.05, 0.1) is 26.5 Å². The van der Waals surface area contributed by atoms with Crippen LogP contribution in [0.4, 0.5) is 0 Å². The Hall–Kier alpha value is -1.89. The Kier molecular flexibility index (Phi) is 4.73. The number of halogens is 1. The van der Waals surface area contributed by atoms with E-state index in [0.29, 0.717) is 22.5 Å². The number of nitrogens with zero attached hydrogens (tertiary/aromatic N) is 2. The minimum Gasteiger partial charge on any atom is -0.480 e. The highest BCUT2D eigenvalue weighted by atomic mass is 35.5. The molecule has 0 fully saturated rings. The predicted molar refractivity (Wildman–Crippen MR) is 75.8 cm³/mol. The summed E-state index contributed by atoms with van der Waals surface area (Å²) in [5.41, 5.74) is 4.10. The minimum atomic E-state index is -0.387. The van der Waals surface area contributed by atoms with Gasteiger partial charge in [-0.1, -0.05) is 23.7 Å². The van der Waals surface area contributed by atoms with Gasteiger partial charge in [0.1, 0.15) is 5.69 Å². The van der Waals surface area contributed by atoms with E-state index in [1.807, 2.05) is 12.1 Å². The summed E-state index contributed by atoms with van der Waals surface area (Å²) >= 11 is 6.00. The van der Waals surface area contributed by atoms with Crippen LogP contribution in [0.15, 0.2) is 30.5 Å². The van der Waals surface area contributed by atoms with Crippen molar-refractivity contribution in [3.8, 4) is 11.8 Å². The molecule has 0 aliphatic heterocycles. The van der Waals surface area contributed by atoms with E-state index in [2.05, 4.69) is 15.4 Å². The largest absolute Gasteiger partial charge is 0.480 e. The normalized spacial score (nSPS) is 12.0. The smallest absolute Gasteiger partial charge is 0.240 e. The molecule has 1 heterocycles. The lowest BCUT2D eigenvalue weighted by molar-refractivity contribution is 0.352. The van der Waals surface area contributed by atoms with Crippen LogP contribution in [0.25, 0.3) is 0 Å². The van der Waals surface area contributed by atoms with Gasteiger partial charge in [0.25, 0.3) is 0 Å². The van der Waals surface area contributed by atoms with Gasteiger partial charge < -0.3 is 9.47 Å². The van der Waals surface area contributed by atoms with Crippen molar-refractivity contribution in [1.82, 2.24) is 15.4 Å². The van der Waals surface area contributed by atoms with Gasteiger partial charge in [0.15, 0.2) is 0 Å². The second-order valence-electron chi connectivity index (χ2n) is 3.96. The summed E-state index contributed by atoms with van der Waals surface area (Å²) < 4.78 is 10.3. The maximum atomic E-state index is 6.00. The van der Waals surface area contributed by atoms with Gasteiger partial charge in [-0.05, 0) is 17.7 Å². The highest BCUT2D eigenvalue weighted by Gasteiger charge is 2.20. The van der Waals surface area contributed by atoms with E-state index in [1.165, 1.54) is 20.4 Å². The summed E-state index contributed by atoms with van der Waals surface area (Å²) in [6, 6.07) is 6.93. The summed E-state index contributed by atoms with van der Waals surface area (Å²) in [5.74, 6) is 6.34. The number of ether oxygens (including phenoxy) is 2. The molecule has 2 aromatic rings. The van der Waals surface area contributed by atoms with Crippen LogP contribution in [-0.2, 0) is 0 Å². The minimum absolute atomic E-state index is 0.340. The second-order valence-corrected chi connectivity index (χ2v) is 4.40. The molecule has 0 saturated heterocycles. The first kappa shape index (κ1) is 14.5. The molecular formula is C13H15ClN4O2. The molecule has 7 heteroatoms. The zero-order valence-corrected chi connectivity index (χ0v) is 11.9. The molecule has 2 rings (SSSR count). The molecule has 1 unspecified atom stereocenters. The third-order valence-electron chi connectivity index (χ3n) is 2.77. The highest BCUT2D eigenvalue weighted by molar-refractivity contribution is 6.30. The van der Waals surface area contributed by atoms with Gasteiger partial charge in [0.2, 0.25) is 11.8 Å². The number of hydrogen-bond acceptors (Lipinski definition) is 6. The molecule has 0 saturated carbocycles. The first-order valence-electron chi connectivity index (χ1n) is 5.86. The molecular weight excluding hydrogens is 280 g/mol. The third kappa shape index (κ3) is 2.98. The van der Waals surface area contributed by atoms with Crippen molar-refractivity contribution in [3.63, 3.8) is 0 Å². The standard InChI is InChI=1S/C13H15ClN4O2/c1-19-10-7-16-12(13(17-10)20-2)11(18-15)8-4-3-5-9(14)6-8/h3-7,11,18H,15H2,1-2H3. The van der Waals surface area contributed by atoms with Gasteiger partial charge in [-0.3, -0.25) is 5.84 Å². The zero-order chi connectivity index (χ0) is 14.5. The van der Waals surface area contributed by atoms with Crippen molar-refractivity contribution in [2.45, 2.75) is 6.04 Å². The Morgan fingerprint density at radius 2 is 2.10 bits per heavy atom. The number of hydrazine groups is 1. The van der Waals surface area contributed by atoms with Crippen LogP contribution in [0.5, 0.6) is 11.8 Å². The molecule has 0 aliphatic rings. The number of methoxy groups -OCH3 is 2. The van der Waals surface area contributed by atoms with Crippen molar-refractivity contribution in [2.24, 2.45) is 5.84 Å². The average Bonchev–Trinajstić information content (AvgIpc) is 2.48.